The molecular weight excluding hydrogens is 294 g/mol. The van der Waals surface area contributed by atoms with E-state index < -0.39 is 6.09 Å². The molecule has 2 saturated heterocycles. The SMILES string of the molecule is CO/N=C(\C(C)C)C1CCN(C2CCCN(C(=O)O)CC2)CC1. The van der Waals surface area contributed by atoms with Crippen LogP contribution >= 0.6 is 0 Å². The van der Waals surface area contributed by atoms with Gasteiger partial charge in [-0.2, -0.15) is 0 Å². The number of carboxylic acid groups (broad SMARTS) is 1. The minimum atomic E-state index is -0.776. The fourth-order valence-electron chi connectivity index (χ4n) is 3.95. The second-order valence-electron chi connectivity index (χ2n) is 7.02. The predicted molar refractivity (Wildman–Crippen MR) is 90.8 cm³/mol. The Morgan fingerprint density at radius 3 is 2.39 bits per heavy atom. The highest BCUT2D eigenvalue weighted by Crippen LogP contribution is 2.27. The lowest BCUT2D eigenvalue weighted by atomic mass is 9.85. The average Bonchev–Trinajstić information content (AvgIpc) is 2.78. The van der Waals surface area contributed by atoms with E-state index in [2.05, 4.69) is 23.9 Å². The van der Waals surface area contributed by atoms with Crippen molar-refractivity contribution in [3.05, 3.63) is 0 Å². The van der Waals surface area contributed by atoms with Gasteiger partial charge in [0, 0.05) is 25.0 Å². The fraction of sp³-hybridized carbons (Fsp3) is 0.882. The third-order valence-corrected chi connectivity index (χ3v) is 5.22. The highest BCUT2D eigenvalue weighted by atomic mass is 16.6. The van der Waals surface area contributed by atoms with Crippen LogP contribution in [0.5, 0.6) is 0 Å². The number of carbonyl (C=O) groups is 1. The summed E-state index contributed by atoms with van der Waals surface area (Å²) in [5, 5.41) is 13.4. The van der Waals surface area contributed by atoms with Crippen molar-refractivity contribution in [3.8, 4) is 0 Å². The molecule has 0 aromatic carbocycles. The number of hydrogen-bond donors (Lipinski definition) is 1. The molecule has 2 fully saturated rings. The number of piperidine rings is 1. The van der Waals surface area contributed by atoms with E-state index in [0.29, 0.717) is 31.0 Å². The van der Waals surface area contributed by atoms with Crippen LogP contribution in [0.25, 0.3) is 0 Å². The molecular formula is C17H31N3O3. The van der Waals surface area contributed by atoms with E-state index in [1.165, 1.54) is 5.71 Å². The Bertz CT molecular complexity index is 417. The Morgan fingerprint density at radius 2 is 1.83 bits per heavy atom. The van der Waals surface area contributed by atoms with E-state index in [-0.39, 0.29) is 0 Å². The summed E-state index contributed by atoms with van der Waals surface area (Å²) in [5.41, 5.74) is 1.19. The van der Waals surface area contributed by atoms with Crippen molar-refractivity contribution in [2.75, 3.05) is 33.3 Å². The van der Waals surface area contributed by atoms with Gasteiger partial charge in [0.2, 0.25) is 0 Å². The molecule has 0 aromatic rings. The lowest BCUT2D eigenvalue weighted by Crippen LogP contribution is -2.44. The maximum Gasteiger partial charge on any atom is 0.407 e. The van der Waals surface area contributed by atoms with Gasteiger partial charge in [-0.1, -0.05) is 19.0 Å². The molecule has 1 amide bonds. The Kier molecular flexibility index (Phi) is 6.69. The van der Waals surface area contributed by atoms with E-state index in [4.69, 9.17) is 9.94 Å². The third kappa shape index (κ3) is 4.83. The normalized spacial score (nSPS) is 25.5. The summed E-state index contributed by atoms with van der Waals surface area (Å²) in [6, 6.07) is 0.530. The van der Waals surface area contributed by atoms with Crippen molar-refractivity contribution in [2.24, 2.45) is 17.0 Å². The second-order valence-corrected chi connectivity index (χ2v) is 7.02. The van der Waals surface area contributed by atoms with Crippen LogP contribution in [0.2, 0.25) is 0 Å². The summed E-state index contributed by atoms with van der Waals surface area (Å²) >= 11 is 0. The molecule has 1 atom stereocenters. The molecule has 0 spiro atoms. The van der Waals surface area contributed by atoms with Crippen molar-refractivity contribution >= 4 is 11.8 Å². The number of amides is 1. The van der Waals surface area contributed by atoms with Crippen LogP contribution in [0.4, 0.5) is 4.79 Å². The standard InChI is InChI=1S/C17H31N3O3/c1-13(2)16(18-23-3)14-6-10-19(11-7-14)15-5-4-9-20(12-8-15)17(21)22/h13-15H,4-12H2,1-3H3,(H,21,22)/b18-16+. The lowest BCUT2D eigenvalue weighted by Gasteiger charge is -2.38. The van der Waals surface area contributed by atoms with Gasteiger partial charge in [0.1, 0.15) is 7.11 Å². The summed E-state index contributed by atoms with van der Waals surface area (Å²) in [4.78, 5) is 20.3. The molecule has 132 valence electrons. The fourth-order valence-corrected chi connectivity index (χ4v) is 3.95. The largest absolute Gasteiger partial charge is 0.465 e. The minimum absolute atomic E-state index is 0.425. The van der Waals surface area contributed by atoms with Gasteiger partial charge in [-0.15, -0.1) is 0 Å². The smallest absolute Gasteiger partial charge is 0.407 e. The van der Waals surface area contributed by atoms with E-state index in [1.54, 1.807) is 12.0 Å². The Labute approximate surface area is 139 Å². The molecule has 0 aliphatic carbocycles. The van der Waals surface area contributed by atoms with E-state index in [1.807, 2.05) is 0 Å². The summed E-state index contributed by atoms with van der Waals surface area (Å²) in [6.45, 7) is 7.87. The summed E-state index contributed by atoms with van der Waals surface area (Å²) in [6.07, 6.45) is 4.51. The van der Waals surface area contributed by atoms with E-state index >= 15 is 0 Å². The second kappa shape index (κ2) is 8.52. The molecule has 0 bridgehead atoms. The monoisotopic (exact) mass is 325 g/mol. The van der Waals surface area contributed by atoms with E-state index in [0.717, 1.165) is 45.2 Å². The van der Waals surface area contributed by atoms with Gasteiger partial charge in [0.15, 0.2) is 0 Å². The summed E-state index contributed by atoms with van der Waals surface area (Å²) in [5.74, 6) is 0.945. The van der Waals surface area contributed by atoms with E-state index in [9.17, 15) is 4.79 Å². The number of likely N-dealkylation sites (tertiary alicyclic amines) is 2. The molecule has 6 heteroatoms. The van der Waals surface area contributed by atoms with Gasteiger partial charge in [-0.25, -0.2) is 4.79 Å². The quantitative estimate of drug-likeness (QED) is 0.637. The van der Waals surface area contributed by atoms with Crippen molar-refractivity contribution in [1.82, 2.24) is 9.80 Å². The highest BCUT2D eigenvalue weighted by Gasteiger charge is 2.30. The Morgan fingerprint density at radius 1 is 1.13 bits per heavy atom. The molecule has 2 aliphatic heterocycles. The molecule has 2 rings (SSSR count). The maximum atomic E-state index is 11.1. The summed E-state index contributed by atoms with van der Waals surface area (Å²) < 4.78 is 0. The topological polar surface area (TPSA) is 65.4 Å². The summed E-state index contributed by atoms with van der Waals surface area (Å²) in [7, 11) is 1.62. The van der Waals surface area contributed by atoms with Gasteiger partial charge < -0.3 is 19.7 Å². The Hall–Kier alpha value is -1.30. The van der Waals surface area contributed by atoms with Gasteiger partial charge in [0.05, 0.1) is 5.71 Å². The van der Waals surface area contributed by atoms with Gasteiger partial charge in [-0.05, 0) is 51.1 Å². The Balaban J connectivity index is 1.86. The molecule has 0 saturated carbocycles. The highest BCUT2D eigenvalue weighted by molar-refractivity contribution is 5.88. The van der Waals surface area contributed by atoms with Gasteiger partial charge in [-0.3, -0.25) is 0 Å². The molecule has 0 radical (unpaired) electrons. The van der Waals surface area contributed by atoms with Crippen LogP contribution in [0.1, 0.15) is 46.0 Å². The van der Waals surface area contributed by atoms with Crippen molar-refractivity contribution in [2.45, 2.75) is 52.0 Å². The zero-order valence-electron chi connectivity index (χ0n) is 14.7. The number of nitrogens with zero attached hydrogens (tertiary/aromatic N) is 3. The average molecular weight is 325 g/mol. The molecule has 1 N–H and O–H groups in total. The number of rotatable bonds is 4. The molecule has 6 nitrogen and oxygen atoms in total. The third-order valence-electron chi connectivity index (χ3n) is 5.22. The van der Waals surface area contributed by atoms with Crippen LogP contribution in [0, 0.1) is 11.8 Å². The maximum absolute atomic E-state index is 11.1. The van der Waals surface area contributed by atoms with Crippen molar-refractivity contribution in [1.29, 1.82) is 0 Å². The zero-order chi connectivity index (χ0) is 16.8. The molecule has 2 heterocycles. The van der Waals surface area contributed by atoms with Crippen LogP contribution < -0.4 is 0 Å². The minimum Gasteiger partial charge on any atom is -0.465 e. The van der Waals surface area contributed by atoms with Crippen molar-refractivity contribution < 1.29 is 14.7 Å². The van der Waals surface area contributed by atoms with Crippen LogP contribution in [0.3, 0.4) is 0 Å². The number of hydrogen-bond acceptors (Lipinski definition) is 4. The van der Waals surface area contributed by atoms with Crippen LogP contribution in [0.15, 0.2) is 5.16 Å². The molecule has 2 aliphatic rings. The predicted octanol–water partition coefficient (Wildman–Crippen LogP) is 2.89. The first-order valence-corrected chi connectivity index (χ1v) is 8.85. The molecule has 1 unspecified atom stereocenters. The van der Waals surface area contributed by atoms with Gasteiger partial charge >= 0.3 is 6.09 Å². The first-order valence-electron chi connectivity index (χ1n) is 8.85. The van der Waals surface area contributed by atoms with Gasteiger partial charge in [0.25, 0.3) is 0 Å². The first kappa shape index (κ1) is 18.0. The lowest BCUT2D eigenvalue weighted by molar-refractivity contribution is 0.128. The molecule has 0 aromatic heterocycles. The number of oxime groups is 1. The molecule has 23 heavy (non-hydrogen) atoms. The van der Waals surface area contributed by atoms with Crippen molar-refractivity contribution in [3.63, 3.8) is 0 Å². The first-order chi connectivity index (χ1) is 11.0. The zero-order valence-corrected chi connectivity index (χ0v) is 14.7. The van der Waals surface area contributed by atoms with Crippen LogP contribution in [-0.2, 0) is 4.84 Å². The van der Waals surface area contributed by atoms with Crippen LogP contribution in [-0.4, -0.2) is 66.0 Å².